The van der Waals surface area contributed by atoms with Crippen LogP contribution in [0.2, 0.25) is 0 Å². The van der Waals surface area contributed by atoms with Gasteiger partial charge in [0.25, 0.3) is 0 Å². The lowest BCUT2D eigenvalue weighted by molar-refractivity contribution is 0.598. The molecule has 0 aliphatic rings. The number of hydrogen-bond donors (Lipinski definition) is 1. The molecule has 2 aromatic carbocycles. The topological polar surface area (TPSA) is 78.0 Å². The van der Waals surface area contributed by atoms with Crippen LogP contribution >= 0.6 is 0 Å². The summed E-state index contributed by atoms with van der Waals surface area (Å²) in [5.74, 6) is 2.82. The largest absolute Gasteiger partial charge is 0.238 e. The zero-order valence-corrected chi connectivity index (χ0v) is 14.7. The van der Waals surface area contributed by atoms with Crippen molar-refractivity contribution in [3.63, 3.8) is 0 Å². The van der Waals surface area contributed by atoms with Crippen LogP contribution in [-0.2, 0) is 10.0 Å². The van der Waals surface area contributed by atoms with Gasteiger partial charge in [-0.2, -0.15) is 9.78 Å². The highest BCUT2D eigenvalue weighted by Crippen LogP contribution is 2.31. The smallest absolute Gasteiger partial charge is 0.225 e. The number of aromatic nitrogens is 2. The highest BCUT2D eigenvalue weighted by atomic mass is 32.2. The van der Waals surface area contributed by atoms with Gasteiger partial charge in [-0.1, -0.05) is 47.9 Å². The molecule has 0 amide bonds. The summed E-state index contributed by atoms with van der Waals surface area (Å²) in [7, 11) is -3.72. The molecule has 126 valence electrons. The first-order valence-corrected chi connectivity index (χ1v) is 9.16. The van der Waals surface area contributed by atoms with E-state index in [4.69, 9.17) is 5.14 Å². The van der Waals surface area contributed by atoms with E-state index in [-0.39, 0.29) is 4.90 Å². The molecule has 0 aliphatic carbocycles. The second kappa shape index (κ2) is 6.55. The molecule has 0 bridgehead atoms. The maximum Gasteiger partial charge on any atom is 0.238 e. The van der Waals surface area contributed by atoms with Crippen molar-refractivity contribution in [1.82, 2.24) is 9.78 Å². The van der Waals surface area contributed by atoms with Crippen molar-refractivity contribution in [1.29, 1.82) is 0 Å². The molecule has 0 spiro atoms. The second-order valence-corrected chi connectivity index (χ2v) is 7.19. The standard InChI is InChI=1S/C19H17N3O2S/c1-3-12-22-13-18(15-6-4-14(2)5-7-15)19(21-22)16-8-10-17(11-9-16)25(20,23)24/h4-11,13H,1-2H3,(H2,20,23,24). The summed E-state index contributed by atoms with van der Waals surface area (Å²) in [6.45, 7) is 3.77. The van der Waals surface area contributed by atoms with Gasteiger partial charge >= 0.3 is 0 Å². The Kier molecular flexibility index (Phi) is 4.45. The number of rotatable bonds is 3. The van der Waals surface area contributed by atoms with Crippen molar-refractivity contribution in [2.75, 3.05) is 0 Å². The molecule has 2 N–H and O–H groups in total. The van der Waals surface area contributed by atoms with Crippen molar-refractivity contribution in [3.05, 3.63) is 60.3 Å². The van der Waals surface area contributed by atoms with Gasteiger partial charge in [-0.25, -0.2) is 13.6 Å². The quantitative estimate of drug-likeness (QED) is 0.737. The lowest BCUT2D eigenvalue weighted by Gasteiger charge is -2.04. The van der Waals surface area contributed by atoms with Crippen LogP contribution in [0.4, 0.5) is 0 Å². The number of aryl methyl sites for hydroxylation is 1. The van der Waals surface area contributed by atoms with Crippen molar-refractivity contribution in [2.24, 2.45) is 5.14 Å². The fourth-order valence-corrected chi connectivity index (χ4v) is 3.02. The number of sulfonamides is 1. The van der Waals surface area contributed by atoms with Gasteiger partial charge in [0.05, 0.1) is 4.90 Å². The fraction of sp³-hybridized carbons (Fsp3) is 0.105. The van der Waals surface area contributed by atoms with Crippen LogP contribution in [0.5, 0.6) is 0 Å². The van der Waals surface area contributed by atoms with Crippen LogP contribution < -0.4 is 5.14 Å². The first kappa shape index (κ1) is 17.0. The molecule has 0 fully saturated rings. The first-order valence-electron chi connectivity index (χ1n) is 7.61. The summed E-state index contributed by atoms with van der Waals surface area (Å²) in [5.41, 5.74) is 4.63. The van der Waals surface area contributed by atoms with Crippen LogP contribution in [0.3, 0.4) is 0 Å². The zero-order chi connectivity index (χ0) is 18.0. The third-order valence-corrected chi connectivity index (χ3v) is 4.69. The molecule has 0 saturated carbocycles. The second-order valence-electron chi connectivity index (χ2n) is 5.63. The van der Waals surface area contributed by atoms with Gasteiger partial charge in [0.1, 0.15) is 5.69 Å². The monoisotopic (exact) mass is 351 g/mol. The molecule has 0 unspecified atom stereocenters. The summed E-state index contributed by atoms with van der Waals surface area (Å²) < 4.78 is 24.4. The lowest BCUT2D eigenvalue weighted by atomic mass is 10.0. The van der Waals surface area contributed by atoms with Crippen LogP contribution in [0.15, 0.2) is 59.6 Å². The van der Waals surface area contributed by atoms with E-state index in [9.17, 15) is 8.42 Å². The Morgan fingerprint density at radius 2 is 1.60 bits per heavy atom. The number of benzene rings is 2. The molecule has 0 atom stereocenters. The normalized spacial score (nSPS) is 11.0. The molecule has 3 rings (SSSR count). The van der Waals surface area contributed by atoms with Crippen LogP contribution in [0.25, 0.3) is 22.4 Å². The van der Waals surface area contributed by atoms with E-state index in [1.165, 1.54) is 17.7 Å². The molecular formula is C19H17N3O2S. The summed E-state index contributed by atoms with van der Waals surface area (Å²) >= 11 is 0. The molecule has 0 radical (unpaired) electrons. The molecule has 6 heteroatoms. The number of nitrogens with two attached hydrogens (primary N) is 1. The molecule has 0 saturated heterocycles. The zero-order valence-electron chi connectivity index (χ0n) is 13.9. The Balaban J connectivity index is 2.14. The maximum absolute atomic E-state index is 11.4. The molecule has 0 aliphatic heterocycles. The molecule has 5 nitrogen and oxygen atoms in total. The molecular weight excluding hydrogens is 334 g/mol. The first-order chi connectivity index (χ1) is 11.9. The third-order valence-electron chi connectivity index (χ3n) is 3.76. The fourth-order valence-electron chi connectivity index (χ4n) is 2.51. The summed E-state index contributed by atoms with van der Waals surface area (Å²) in [6.07, 6.45) is 1.87. The van der Waals surface area contributed by atoms with E-state index in [1.807, 2.05) is 37.4 Å². The van der Waals surface area contributed by atoms with Crippen LogP contribution in [-0.4, -0.2) is 18.2 Å². The summed E-state index contributed by atoms with van der Waals surface area (Å²) in [5, 5.41) is 9.68. The van der Waals surface area contributed by atoms with E-state index in [1.54, 1.807) is 23.7 Å². The lowest BCUT2D eigenvalue weighted by Crippen LogP contribution is -2.11. The Bertz CT molecular complexity index is 1070. The highest BCUT2D eigenvalue weighted by Gasteiger charge is 2.14. The van der Waals surface area contributed by atoms with Crippen LogP contribution in [0.1, 0.15) is 12.5 Å². The Labute approximate surface area is 147 Å². The number of hydrogen-bond acceptors (Lipinski definition) is 3. The van der Waals surface area contributed by atoms with Crippen molar-refractivity contribution >= 4 is 10.0 Å². The number of nitrogens with zero attached hydrogens (tertiary/aromatic N) is 2. The highest BCUT2D eigenvalue weighted by molar-refractivity contribution is 7.89. The van der Waals surface area contributed by atoms with E-state index in [0.717, 1.165) is 22.4 Å². The minimum absolute atomic E-state index is 0.0703. The summed E-state index contributed by atoms with van der Waals surface area (Å²) in [4.78, 5) is 0.0703. The van der Waals surface area contributed by atoms with E-state index in [2.05, 4.69) is 17.1 Å². The number of primary sulfonamides is 1. The van der Waals surface area contributed by atoms with Crippen molar-refractivity contribution in [3.8, 4) is 34.3 Å². The predicted octanol–water partition coefficient (Wildman–Crippen LogP) is 3.00. The van der Waals surface area contributed by atoms with Gasteiger partial charge < -0.3 is 0 Å². The average Bonchev–Trinajstić information content (AvgIpc) is 2.99. The molecule has 25 heavy (non-hydrogen) atoms. The minimum Gasteiger partial charge on any atom is -0.225 e. The predicted molar refractivity (Wildman–Crippen MR) is 98.1 cm³/mol. The van der Waals surface area contributed by atoms with Crippen molar-refractivity contribution < 1.29 is 8.42 Å². The van der Waals surface area contributed by atoms with E-state index >= 15 is 0 Å². The molecule has 3 aromatic rings. The molecule has 1 heterocycles. The minimum atomic E-state index is -3.72. The van der Waals surface area contributed by atoms with E-state index in [0.29, 0.717) is 0 Å². The van der Waals surface area contributed by atoms with Gasteiger partial charge in [0.2, 0.25) is 10.0 Å². The average molecular weight is 351 g/mol. The van der Waals surface area contributed by atoms with Gasteiger partial charge in [0.15, 0.2) is 0 Å². The Hall–Kier alpha value is -2.88. The van der Waals surface area contributed by atoms with Gasteiger partial charge in [0, 0.05) is 23.4 Å². The third kappa shape index (κ3) is 3.63. The van der Waals surface area contributed by atoms with Gasteiger partial charge in [-0.15, -0.1) is 0 Å². The summed E-state index contributed by atoms with van der Waals surface area (Å²) in [6, 6.07) is 17.4. The SMILES string of the molecule is CC#Cn1cc(-c2ccc(C)cc2)c(-c2ccc(S(N)(=O)=O)cc2)n1. The Morgan fingerprint density at radius 3 is 2.16 bits per heavy atom. The van der Waals surface area contributed by atoms with Crippen molar-refractivity contribution in [2.45, 2.75) is 18.7 Å². The van der Waals surface area contributed by atoms with Gasteiger partial charge in [-0.05, 0) is 31.5 Å². The Morgan fingerprint density at radius 1 is 1.00 bits per heavy atom. The molecule has 1 aromatic heterocycles. The van der Waals surface area contributed by atoms with Gasteiger partial charge in [-0.3, -0.25) is 0 Å². The maximum atomic E-state index is 11.4. The van der Waals surface area contributed by atoms with Crippen LogP contribution in [0, 0.1) is 18.9 Å². The van der Waals surface area contributed by atoms with E-state index < -0.39 is 10.0 Å².